The van der Waals surface area contributed by atoms with Crippen LogP contribution < -0.4 is 5.73 Å². The lowest BCUT2D eigenvalue weighted by Crippen LogP contribution is -2.21. The summed E-state index contributed by atoms with van der Waals surface area (Å²) in [6, 6.07) is 0. The lowest BCUT2D eigenvalue weighted by Gasteiger charge is -2.26. The fourth-order valence-electron chi connectivity index (χ4n) is 3.17. The monoisotopic (exact) mass is 241 g/mol. The van der Waals surface area contributed by atoms with Crippen LogP contribution in [0.15, 0.2) is 0 Å². The summed E-state index contributed by atoms with van der Waals surface area (Å²) in [4.78, 5) is 10.7. The number of carboxylic acid groups (broad SMARTS) is 1. The zero-order chi connectivity index (χ0) is 12.7. The van der Waals surface area contributed by atoms with Gasteiger partial charge in [-0.2, -0.15) is 0 Å². The second-order valence-electron chi connectivity index (χ2n) is 5.78. The van der Waals surface area contributed by atoms with Crippen LogP contribution in [0.25, 0.3) is 0 Å². The summed E-state index contributed by atoms with van der Waals surface area (Å²) >= 11 is 0. The molecule has 1 saturated carbocycles. The van der Waals surface area contributed by atoms with Gasteiger partial charge in [-0.3, -0.25) is 4.79 Å². The largest absolute Gasteiger partial charge is 0.481 e. The molecule has 0 heterocycles. The van der Waals surface area contributed by atoms with Crippen LogP contribution >= 0.6 is 0 Å². The third-order valence-electron chi connectivity index (χ3n) is 3.99. The minimum absolute atomic E-state index is 0.158. The molecule has 17 heavy (non-hydrogen) atoms. The molecule has 0 radical (unpaired) electrons. The molecular formula is C14H27NO2. The Bertz CT molecular complexity index is 224. The summed E-state index contributed by atoms with van der Waals surface area (Å²) in [6.45, 7) is 2.75. The van der Waals surface area contributed by atoms with Gasteiger partial charge in [-0.1, -0.05) is 39.0 Å². The van der Waals surface area contributed by atoms with Gasteiger partial charge in [-0.15, -0.1) is 0 Å². The van der Waals surface area contributed by atoms with Crippen molar-refractivity contribution in [2.24, 2.45) is 23.5 Å². The lowest BCUT2D eigenvalue weighted by atomic mass is 9.80. The van der Waals surface area contributed by atoms with Gasteiger partial charge in [0.25, 0.3) is 0 Å². The molecule has 1 unspecified atom stereocenters. The first-order valence-corrected chi connectivity index (χ1v) is 7.03. The first-order valence-electron chi connectivity index (χ1n) is 7.03. The second-order valence-corrected chi connectivity index (χ2v) is 5.78. The molecule has 1 aliphatic rings. The van der Waals surface area contributed by atoms with Gasteiger partial charge in [0, 0.05) is 6.42 Å². The number of rotatable bonds is 7. The maximum Gasteiger partial charge on any atom is 0.303 e. The van der Waals surface area contributed by atoms with Crippen molar-refractivity contribution in [2.75, 3.05) is 6.54 Å². The Morgan fingerprint density at radius 3 is 2.53 bits per heavy atom. The maximum atomic E-state index is 10.7. The van der Waals surface area contributed by atoms with E-state index < -0.39 is 5.97 Å². The molecule has 0 aromatic rings. The van der Waals surface area contributed by atoms with Gasteiger partial charge in [0.1, 0.15) is 0 Å². The van der Waals surface area contributed by atoms with E-state index >= 15 is 0 Å². The Balaban J connectivity index is 2.25. The van der Waals surface area contributed by atoms with Crippen molar-refractivity contribution in [2.45, 2.75) is 58.3 Å². The van der Waals surface area contributed by atoms with Gasteiger partial charge in [-0.05, 0) is 37.1 Å². The molecule has 0 saturated heterocycles. The van der Waals surface area contributed by atoms with E-state index in [2.05, 4.69) is 6.92 Å². The van der Waals surface area contributed by atoms with Gasteiger partial charge in [0.15, 0.2) is 0 Å². The number of aliphatic carboxylic acids is 1. The first-order chi connectivity index (χ1) is 8.11. The highest BCUT2D eigenvalue weighted by atomic mass is 16.4. The Labute approximate surface area is 105 Å². The molecule has 0 amide bonds. The minimum atomic E-state index is -0.717. The summed E-state index contributed by atoms with van der Waals surface area (Å²) in [6.07, 6.45) is 9.36. The zero-order valence-corrected chi connectivity index (χ0v) is 11.0. The Hall–Kier alpha value is -0.570. The van der Waals surface area contributed by atoms with Crippen LogP contribution in [0, 0.1) is 17.8 Å². The Morgan fingerprint density at radius 1 is 1.35 bits per heavy atom. The van der Waals surface area contributed by atoms with Gasteiger partial charge in [0.2, 0.25) is 0 Å². The third-order valence-corrected chi connectivity index (χ3v) is 3.99. The summed E-state index contributed by atoms with van der Waals surface area (Å²) in [7, 11) is 0. The van der Waals surface area contributed by atoms with Crippen LogP contribution in [0.5, 0.6) is 0 Å². The minimum Gasteiger partial charge on any atom is -0.481 e. The van der Waals surface area contributed by atoms with Gasteiger partial charge in [-0.25, -0.2) is 0 Å². The van der Waals surface area contributed by atoms with Crippen LogP contribution in [0.1, 0.15) is 58.3 Å². The van der Waals surface area contributed by atoms with Crippen molar-refractivity contribution in [1.29, 1.82) is 0 Å². The van der Waals surface area contributed by atoms with E-state index in [1.807, 2.05) is 0 Å². The molecule has 1 aliphatic carbocycles. The van der Waals surface area contributed by atoms with Crippen molar-refractivity contribution in [3.8, 4) is 0 Å². The molecule has 3 N–H and O–H groups in total. The number of nitrogens with two attached hydrogens (primary N) is 1. The van der Waals surface area contributed by atoms with Crippen molar-refractivity contribution < 1.29 is 9.90 Å². The van der Waals surface area contributed by atoms with E-state index in [0.717, 1.165) is 12.3 Å². The number of hydrogen-bond donors (Lipinski definition) is 2. The van der Waals surface area contributed by atoms with Gasteiger partial charge >= 0.3 is 5.97 Å². The molecule has 0 aromatic carbocycles. The standard InChI is InChI=1S/C14H27NO2/c1-11(7-12-5-3-2-4-6-12)8-13(10-15)9-14(16)17/h11-13H,2-10,15H2,1H3,(H,16,17)/t11?,13-/m0/s1. The summed E-state index contributed by atoms with van der Waals surface area (Å²) in [5, 5.41) is 8.79. The highest BCUT2D eigenvalue weighted by Crippen LogP contribution is 2.31. The fraction of sp³-hybridized carbons (Fsp3) is 0.929. The highest BCUT2D eigenvalue weighted by molar-refractivity contribution is 5.67. The Kier molecular flexibility index (Phi) is 6.56. The molecule has 2 atom stereocenters. The molecule has 100 valence electrons. The average molecular weight is 241 g/mol. The molecule has 0 bridgehead atoms. The second kappa shape index (κ2) is 7.70. The van der Waals surface area contributed by atoms with Crippen molar-refractivity contribution in [3.05, 3.63) is 0 Å². The van der Waals surface area contributed by atoms with E-state index in [1.165, 1.54) is 38.5 Å². The normalized spacial score (nSPS) is 21.1. The molecule has 3 nitrogen and oxygen atoms in total. The van der Waals surface area contributed by atoms with E-state index in [1.54, 1.807) is 0 Å². The first kappa shape index (κ1) is 14.5. The SMILES string of the molecule is CC(CC1CCCCC1)C[C@H](CN)CC(=O)O. The average Bonchev–Trinajstić information content (AvgIpc) is 2.28. The number of carbonyl (C=O) groups is 1. The van der Waals surface area contributed by atoms with Crippen LogP contribution in [-0.2, 0) is 4.79 Å². The molecule has 1 fully saturated rings. The predicted octanol–water partition coefficient (Wildman–Crippen LogP) is 3.03. The topological polar surface area (TPSA) is 63.3 Å². The Morgan fingerprint density at radius 2 is 2.00 bits per heavy atom. The van der Waals surface area contributed by atoms with E-state index in [9.17, 15) is 4.79 Å². The molecule has 3 heteroatoms. The fourth-order valence-corrected chi connectivity index (χ4v) is 3.17. The molecule has 0 spiro atoms. The highest BCUT2D eigenvalue weighted by Gasteiger charge is 2.20. The van der Waals surface area contributed by atoms with E-state index in [-0.39, 0.29) is 12.3 Å². The van der Waals surface area contributed by atoms with Crippen molar-refractivity contribution >= 4 is 5.97 Å². The van der Waals surface area contributed by atoms with Gasteiger partial charge in [0.05, 0.1) is 0 Å². The number of hydrogen-bond acceptors (Lipinski definition) is 2. The van der Waals surface area contributed by atoms with Crippen LogP contribution in [0.3, 0.4) is 0 Å². The summed E-state index contributed by atoms with van der Waals surface area (Å²) in [5.74, 6) is 0.935. The quantitative estimate of drug-likeness (QED) is 0.720. The maximum absolute atomic E-state index is 10.7. The lowest BCUT2D eigenvalue weighted by molar-refractivity contribution is -0.138. The van der Waals surface area contributed by atoms with Crippen LogP contribution in [0.4, 0.5) is 0 Å². The third kappa shape index (κ3) is 6.06. The number of carboxylic acids is 1. The van der Waals surface area contributed by atoms with Crippen LogP contribution in [-0.4, -0.2) is 17.6 Å². The molecule has 1 rings (SSSR count). The van der Waals surface area contributed by atoms with Crippen molar-refractivity contribution in [3.63, 3.8) is 0 Å². The van der Waals surface area contributed by atoms with Crippen LogP contribution in [0.2, 0.25) is 0 Å². The van der Waals surface area contributed by atoms with Crippen molar-refractivity contribution in [1.82, 2.24) is 0 Å². The molecular weight excluding hydrogens is 214 g/mol. The zero-order valence-electron chi connectivity index (χ0n) is 11.0. The van der Waals surface area contributed by atoms with Gasteiger partial charge < -0.3 is 10.8 Å². The smallest absolute Gasteiger partial charge is 0.303 e. The van der Waals surface area contributed by atoms with E-state index in [0.29, 0.717) is 12.5 Å². The molecule has 0 aromatic heterocycles. The van der Waals surface area contributed by atoms with E-state index in [4.69, 9.17) is 10.8 Å². The summed E-state index contributed by atoms with van der Waals surface area (Å²) < 4.78 is 0. The molecule has 0 aliphatic heterocycles. The predicted molar refractivity (Wildman–Crippen MR) is 69.8 cm³/mol. The summed E-state index contributed by atoms with van der Waals surface area (Å²) in [5.41, 5.74) is 5.64.